The molecule has 120 valence electrons. The van der Waals surface area contributed by atoms with Gasteiger partial charge in [0, 0.05) is 17.4 Å². The number of ketones is 1. The van der Waals surface area contributed by atoms with E-state index in [2.05, 4.69) is 16.8 Å². The summed E-state index contributed by atoms with van der Waals surface area (Å²) in [4.78, 5) is 28.0. The standard InChI is InChI=1S/C18H19NO4/c1-4-22-16(20)10-9-12(2)14-7-5-6-8-15(14)17(21)18-13(3)19-11-23-18/h6,8,11-12H,4-5,7H2,1-3H3. The first kappa shape index (κ1) is 16.8. The molecule has 1 aliphatic rings. The number of aryl methyl sites for hydroxylation is 1. The Morgan fingerprint density at radius 1 is 1.48 bits per heavy atom. The van der Waals surface area contributed by atoms with E-state index in [0.29, 0.717) is 17.9 Å². The molecule has 0 fully saturated rings. The average molecular weight is 313 g/mol. The van der Waals surface area contributed by atoms with E-state index in [1.54, 1.807) is 19.9 Å². The predicted molar refractivity (Wildman–Crippen MR) is 84.5 cm³/mol. The third-order valence-electron chi connectivity index (χ3n) is 3.60. The van der Waals surface area contributed by atoms with Gasteiger partial charge in [-0.05, 0) is 39.2 Å². The highest BCUT2D eigenvalue weighted by molar-refractivity contribution is 6.10. The van der Waals surface area contributed by atoms with E-state index in [4.69, 9.17) is 9.15 Å². The Bertz CT molecular complexity index is 728. The summed E-state index contributed by atoms with van der Waals surface area (Å²) in [6.45, 7) is 5.63. The summed E-state index contributed by atoms with van der Waals surface area (Å²) in [5.41, 5.74) is 2.04. The molecule has 0 saturated carbocycles. The number of aromatic nitrogens is 1. The second kappa shape index (κ2) is 7.59. The molecular weight excluding hydrogens is 294 g/mol. The molecule has 0 radical (unpaired) electrons. The van der Waals surface area contributed by atoms with Gasteiger partial charge in [-0.2, -0.15) is 0 Å². The smallest absolute Gasteiger partial charge is 0.384 e. The second-order valence-electron chi connectivity index (χ2n) is 5.19. The molecule has 0 spiro atoms. The predicted octanol–water partition coefficient (Wildman–Crippen LogP) is 3.01. The van der Waals surface area contributed by atoms with Crippen LogP contribution >= 0.6 is 0 Å². The van der Waals surface area contributed by atoms with E-state index in [-0.39, 0.29) is 17.5 Å². The third-order valence-corrected chi connectivity index (χ3v) is 3.60. The summed E-state index contributed by atoms with van der Waals surface area (Å²) in [6.07, 6.45) is 6.58. The maximum atomic E-state index is 12.7. The van der Waals surface area contributed by atoms with Crippen LogP contribution < -0.4 is 0 Å². The molecule has 0 bridgehead atoms. The van der Waals surface area contributed by atoms with Gasteiger partial charge in [-0.25, -0.2) is 9.78 Å². The minimum Gasteiger partial charge on any atom is -0.456 e. The Morgan fingerprint density at radius 2 is 2.26 bits per heavy atom. The fourth-order valence-corrected chi connectivity index (χ4v) is 2.42. The average Bonchev–Trinajstić information content (AvgIpc) is 2.98. The molecule has 0 saturated heterocycles. The number of nitrogens with zero attached hydrogens (tertiary/aromatic N) is 1. The lowest BCUT2D eigenvalue weighted by molar-refractivity contribution is -0.136. The summed E-state index contributed by atoms with van der Waals surface area (Å²) < 4.78 is 9.99. The number of carbonyl (C=O) groups is 2. The summed E-state index contributed by atoms with van der Waals surface area (Å²) in [7, 11) is 0. The zero-order chi connectivity index (χ0) is 16.8. The highest BCUT2D eigenvalue weighted by Crippen LogP contribution is 2.28. The molecule has 0 N–H and O–H groups in total. The van der Waals surface area contributed by atoms with E-state index in [9.17, 15) is 9.59 Å². The Kier molecular flexibility index (Phi) is 5.53. The van der Waals surface area contributed by atoms with Crippen LogP contribution in [0.5, 0.6) is 0 Å². The largest absolute Gasteiger partial charge is 0.456 e. The molecule has 1 aliphatic carbocycles. The van der Waals surface area contributed by atoms with Gasteiger partial charge in [-0.15, -0.1) is 0 Å². The van der Waals surface area contributed by atoms with Gasteiger partial charge in [0.1, 0.15) is 0 Å². The van der Waals surface area contributed by atoms with Gasteiger partial charge >= 0.3 is 5.97 Å². The van der Waals surface area contributed by atoms with Crippen molar-refractivity contribution in [1.82, 2.24) is 4.98 Å². The zero-order valence-corrected chi connectivity index (χ0v) is 13.5. The van der Waals surface area contributed by atoms with Crippen LogP contribution in [-0.2, 0) is 9.53 Å². The van der Waals surface area contributed by atoms with Crippen molar-refractivity contribution in [3.63, 3.8) is 0 Å². The van der Waals surface area contributed by atoms with Crippen LogP contribution in [0, 0.1) is 24.7 Å². The molecule has 1 atom stereocenters. The molecular formula is C18H19NO4. The van der Waals surface area contributed by atoms with Gasteiger partial charge in [0.25, 0.3) is 0 Å². The number of rotatable bonds is 4. The quantitative estimate of drug-likeness (QED) is 0.370. The lowest BCUT2D eigenvalue weighted by Crippen LogP contribution is -2.12. The molecule has 2 rings (SSSR count). The SMILES string of the molecule is CCOC(=O)C#CC(C)C1=C(C(=O)c2ocnc2C)C=CCC1. The van der Waals surface area contributed by atoms with Crippen LogP contribution in [0.2, 0.25) is 0 Å². The molecule has 1 aromatic rings. The topological polar surface area (TPSA) is 69.4 Å². The number of carbonyl (C=O) groups excluding carboxylic acids is 2. The normalized spacial score (nSPS) is 14.9. The highest BCUT2D eigenvalue weighted by atomic mass is 16.5. The van der Waals surface area contributed by atoms with Crippen molar-refractivity contribution in [3.8, 4) is 11.8 Å². The fraction of sp³-hybridized carbons (Fsp3) is 0.389. The van der Waals surface area contributed by atoms with Gasteiger partial charge in [-0.1, -0.05) is 18.1 Å². The number of Topliss-reactive ketones (excluding diaryl/α,β-unsaturated/α-hetero) is 1. The minimum absolute atomic E-state index is 0.198. The van der Waals surface area contributed by atoms with Crippen molar-refractivity contribution in [2.24, 2.45) is 5.92 Å². The molecule has 1 heterocycles. The monoisotopic (exact) mass is 313 g/mol. The Morgan fingerprint density at radius 3 is 2.91 bits per heavy atom. The summed E-state index contributed by atoms with van der Waals surface area (Å²) >= 11 is 0. The summed E-state index contributed by atoms with van der Waals surface area (Å²) in [5.74, 6) is 4.62. The molecule has 5 nitrogen and oxygen atoms in total. The highest BCUT2D eigenvalue weighted by Gasteiger charge is 2.24. The molecule has 1 aromatic heterocycles. The van der Waals surface area contributed by atoms with Crippen LogP contribution in [0.15, 0.2) is 34.1 Å². The molecule has 0 aliphatic heterocycles. The number of allylic oxidation sites excluding steroid dienone is 4. The first-order valence-corrected chi connectivity index (χ1v) is 7.57. The molecule has 23 heavy (non-hydrogen) atoms. The van der Waals surface area contributed by atoms with Crippen LogP contribution in [-0.4, -0.2) is 23.3 Å². The van der Waals surface area contributed by atoms with Crippen LogP contribution in [0.4, 0.5) is 0 Å². The van der Waals surface area contributed by atoms with E-state index >= 15 is 0 Å². The number of ether oxygens (including phenoxy) is 1. The van der Waals surface area contributed by atoms with E-state index in [1.807, 2.05) is 13.0 Å². The Hall–Kier alpha value is -2.61. The maximum absolute atomic E-state index is 12.7. The van der Waals surface area contributed by atoms with Gasteiger partial charge < -0.3 is 9.15 Å². The van der Waals surface area contributed by atoms with Gasteiger partial charge in [-0.3, -0.25) is 4.79 Å². The lowest BCUT2D eigenvalue weighted by Gasteiger charge is -2.17. The molecule has 0 aromatic carbocycles. The fourth-order valence-electron chi connectivity index (χ4n) is 2.42. The zero-order valence-electron chi connectivity index (χ0n) is 13.5. The van der Waals surface area contributed by atoms with E-state index < -0.39 is 5.97 Å². The van der Waals surface area contributed by atoms with E-state index in [0.717, 1.165) is 18.4 Å². The molecule has 0 amide bonds. The third kappa shape index (κ3) is 3.98. The maximum Gasteiger partial charge on any atom is 0.384 e. The van der Waals surface area contributed by atoms with Crippen molar-refractivity contribution in [3.05, 3.63) is 41.1 Å². The van der Waals surface area contributed by atoms with Crippen LogP contribution in [0.1, 0.15) is 42.9 Å². The van der Waals surface area contributed by atoms with Crippen molar-refractivity contribution >= 4 is 11.8 Å². The minimum atomic E-state index is -0.551. The Labute approximate surface area is 135 Å². The van der Waals surface area contributed by atoms with Gasteiger partial charge in [0.15, 0.2) is 12.2 Å². The lowest BCUT2D eigenvalue weighted by atomic mass is 9.86. The number of hydrogen-bond donors (Lipinski definition) is 0. The second-order valence-corrected chi connectivity index (χ2v) is 5.19. The van der Waals surface area contributed by atoms with Crippen molar-refractivity contribution in [2.45, 2.75) is 33.6 Å². The molecule has 1 unspecified atom stereocenters. The van der Waals surface area contributed by atoms with Crippen molar-refractivity contribution in [2.75, 3.05) is 6.61 Å². The summed E-state index contributed by atoms with van der Waals surface area (Å²) in [5, 5.41) is 0. The number of esters is 1. The van der Waals surface area contributed by atoms with Crippen LogP contribution in [0.3, 0.4) is 0 Å². The van der Waals surface area contributed by atoms with Crippen molar-refractivity contribution < 1.29 is 18.7 Å². The van der Waals surface area contributed by atoms with Gasteiger partial charge in [0.2, 0.25) is 5.78 Å². The summed E-state index contributed by atoms with van der Waals surface area (Å²) in [6, 6.07) is 0. The van der Waals surface area contributed by atoms with Crippen LogP contribution in [0.25, 0.3) is 0 Å². The number of hydrogen-bond acceptors (Lipinski definition) is 5. The first-order chi connectivity index (χ1) is 11.0. The van der Waals surface area contributed by atoms with Gasteiger partial charge in [0.05, 0.1) is 12.3 Å². The van der Waals surface area contributed by atoms with E-state index in [1.165, 1.54) is 6.39 Å². The number of oxazole rings is 1. The Balaban J connectivity index is 2.30. The molecule has 5 heteroatoms. The van der Waals surface area contributed by atoms with Crippen molar-refractivity contribution in [1.29, 1.82) is 0 Å². The first-order valence-electron chi connectivity index (χ1n) is 7.57.